The Morgan fingerprint density at radius 2 is 2.31 bits per heavy atom. The van der Waals surface area contributed by atoms with Gasteiger partial charge in [-0.25, -0.2) is 4.98 Å². The normalized spacial score (nSPS) is 10.4. The van der Waals surface area contributed by atoms with Crippen molar-refractivity contribution in [3.05, 3.63) is 36.4 Å². The van der Waals surface area contributed by atoms with Gasteiger partial charge in [0.15, 0.2) is 11.7 Å². The predicted molar refractivity (Wildman–Crippen MR) is 59.3 cm³/mol. The van der Waals surface area contributed by atoms with Crippen LogP contribution in [-0.4, -0.2) is 23.8 Å². The first-order valence-corrected chi connectivity index (χ1v) is 5.03. The van der Waals surface area contributed by atoms with Crippen molar-refractivity contribution in [3.8, 4) is 17.1 Å². The van der Waals surface area contributed by atoms with Crippen LogP contribution in [0.4, 0.5) is 0 Å². The number of hydrogen-bond donors (Lipinski definition) is 1. The molecule has 0 aliphatic carbocycles. The zero-order valence-electron chi connectivity index (χ0n) is 9.01. The van der Waals surface area contributed by atoms with E-state index in [-0.39, 0.29) is 6.61 Å². The summed E-state index contributed by atoms with van der Waals surface area (Å²) in [5, 5.41) is 8.76. The van der Waals surface area contributed by atoms with Gasteiger partial charge in [0.05, 0.1) is 19.9 Å². The summed E-state index contributed by atoms with van der Waals surface area (Å²) in [6.45, 7) is 0.0397. The Labute approximate surface area is 93.5 Å². The molecule has 1 aromatic heterocycles. The van der Waals surface area contributed by atoms with Gasteiger partial charge in [-0.3, -0.25) is 0 Å². The van der Waals surface area contributed by atoms with Crippen LogP contribution >= 0.6 is 0 Å². The second kappa shape index (κ2) is 4.81. The highest BCUT2D eigenvalue weighted by Gasteiger charge is 2.06. The molecular formula is C12H13NO3. The molecule has 0 aliphatic rings. The number of rotatable bonds is 4. The molecule has 2 rings (SSSR count). The van der Waals surface area contributed by atoms with E-state index in [1.165, 1.54) is 0 Å². The van der Waals surface area contributed by atoms with E-state index in [0.29, 0.717) is 18.1 Å². The number of benzene rings is 1. The number of aliphatic hydroxyl groups excluding tert-OH is 1. The Bertz CT molecular complexity index is 465. The average Bonchev–Trinajstić information content (AvgIpc) is 2.78. The summed E-state index contributed by atoms with van der Waals surface area (Å²) in [6.07, 6.45) is 2.09. The minimum atomic E-state index is 0.0397. The SMILES string of the molecule is COc1cccc(-c2cnc(CCO)o2)c1. The van der Waals surface area contributed by atoms with Crippen LogP contribution in [0.5, 0.6) is 5.75 Å². The lowest BCUT2D eigenvalue weighted by Crippen LogP contribution is -1.88. The maximum absolute atomic E-state index is 8.76. The summed E-state index contributed by atoms with van der Waals surface area (Å²) in [5.74, 6) is 2.00. The molecule has 0 atom stereocenters. The highest BCUT2D eigenvalue weighted by Crippen LogP contribution is 2.24. The Hall–Kier alpha value is -1.81. The predicted octanol–water partition coefficient (Wildman–Crippen LogP) is 1.89. The van der Waals surface area contributed by atoms with Gasteiger partial charge < -0.3 is 14.3 Å². The number of ether oxygens (including phenoxy) is 1. The van der Waals surface area contributed by atoms with Crippen LogP contribution in [-0.2, 0) is 6.42 Å². The molecular weight excluding hydrogens is 206 g/mol. The number of aliphatic hydroxyl groups is 1. The van der Waals surface area contributed by atoms with Gasteiger partial charge in [0.25, 0.3) is 0 Å². The van der Waals surface area contributed by atoms with Crippen LogP contribution in [0.1, 0.15) is 5.89 Å². The minimum Gasteiger partial charge on any atom is -0.497 e. The van der Waals surface area contributed by atoms with E-state index in [9.17, 15) is 0 Å². The summed E-state index contributed by atoms with van der Waals surface area (Å²) < 4.78 is 10.6. The van der Waals surface area contributed by atoms with Gasteiger partial charge in [-0.2, -0.15) is 0 Å². The summed E-state index contributed by atoms with van der Waals surface area (Å²) >= 11 is 0. The Kier molecular flexibility index (Phi) is 3.22. The molecule has 0 saturated carbocycles. The maximum atomic E-state index is 8.76. The minimum absolute atomic E-state index is 0.0397. The van der Waals surface area contributed by atoms with Gasteiger partial charge in [-0.15, -0.1) is 0 Å². The van der Waals surface area contributed by atoms with Crippen molar-refractivity contribution < 1.29 is 14.3 Å². The van der Waals surface area contributed by atoms with Crippen molar-refractivity contribution in [2.45, 2.75) is 6.42 Å². The van der Waals surface area contributed by atoms with Crippen molar-refractivity contribution in [2.75, 3.05) is 13.7 Å². The Balaban J connectivity index is 2.27. The molecule has 0 saturated heterocycles. The summed E-state index contributed by atoms with van der Waals surface area (Å²) in [6, 6.07) is 7.56. The fraction of sp³-hybridized carbons (Fsp3) is 0.250. The van der Waals surface area contributed by atoms with Crippen LogP contribution in [0, 0.1) is 0 Å². The highest BCUT2D eigenvalue weighted by atomic mass is 16.5. The molecule has 0 fully saturated rings. The molecule has 0 radical (unpaired) electrons. The molecule has 16 heavy (non-hydrogen) atoms. The van der Waals surface area contributed by atoms with Crippen LogP contribution in [0.2, 0.25) is 0 Å². The largest absolute Gasteiger partial charge is 0.497 e. The topological polar surface area (TPSA) is 55.5 Å². The fourth-order valence-electron chi connectivity index (χ4n) is 1.43. The number of methoxy groups -OCH3 is 1. The lowest BCUT2D eigenvalue weighted by molar-refractivity contribution is 0.285. The van der Waals surface area contributed by atoms with Crippen molar-refractivity contribution in [3.63, 3.8) is 0 Å². The number of nitrogens with zero attached hydrogens (tertiary/aromatic N) is 1. The molecule has 84 valence electrons. The first-order chi connectivity index (χ1) is 7.83. The van der Waals surface area contributed by atoms with Crippen molar-refractivity contribution >= 4 is 0 Å². The lowest BCUT2D eigenvalue weighted by Gasteiger charge is -2.00. The first-order valence-electron chi connectivity index (χ1n) is 5.03. The smallest absolute Gasteiger partial charge is 0.197 e. The third kappa shape index (κ3) is 2.23. The van der Waals surface area contributed by atoms with E-state index in [4.69, 9.17) is 14.3 Å². The van der Waals surface area contributed by atoms with Crippen LogP contribution in [0.25, 0.3) is 11.3 Å². The fourth-order valence-corrected chi connectivity index (χ4v) is 1.43. The summed E-state index contributed by atoms with van der Waals surface area (Å²) in [5.41, 5.74) is 0.913. The molecule has 2 aromatic rings. The molecule has 1 aromatic carbocycles. The zero-order valence-corrected chi connectivity index (χ0v) is 9.01. The molecule has 0 bridgehead atoms. The number of hydrogen-bond acceptors (Lipinski definition) is 4. The van der Waals surface area contributed by atoms with E-state index in [1.807, 2.05) is 24.3 Å². The maximum Gasteiger partial charge on any atom is 0.197 e. The second-order valence-corrected chi connectivity index (χ2v) is 3.32. The second-order valence-electron chi connectivity index (χ2n) is 3.32. The molecule has 1 heterocycles. The first kappa shape index (κ1) is 10.7. The van der Waals surface area contributed by atoms with Gasteiger partial charge in [-0.05, 0) is 12.1 Å². The summed E-state index contributed by atoms with van der Waals surface area (Å²) in [4.78, 5) is 4.07. The molecule has 0 amide bonds. The Morgan fingerprint density at radius 1 is 1.44 bits per heavy atom. The molecule has 0 aliphatic heterocycles. The zero-order chi connectivity index (χ0) is 11.4. The monoisotopic (exact) mass is 219 g/mol. The van der Waals surface area contributed by atoms with E-state index in [1.54, 1.807) is 13.3 Å². The van der Waals surface area contributed by atoms with Gasteiger partial charge >= 0.3 is 0 Å². The van der Waals surface area contributed by atoms with Crippen LogP contribution in [0.3, 0.4) is 0 Å². The quantitative estimate of drug-likeness (QED) is 0.853. The van der Waals surface area contributed by atoms with Gasteiger partial charge in [0.1, 0.15) is 5.75 Å². The molecule has 0 unspecified atom stereocenters. The third-order valence-corrected chi connectivity index (χ3v) is 2.23. The number of aromatic nitrogens is 1. The van der Waals surface area contributed by atoms with Crippen molar-refractivity contribution in [2.24, 2.45) is 0 Å². The Morgan fingerprint density at radius 3 is 3.06 bits per heavy atom. The molecule has 1 N–H and O–H groups in total. The average molecular weight is 219 g/mol. The van der Waals surface area contributed by atoms with E-state index in [2.05, 4.69) is 4.98 Å². The molecule has 4 heteroatoms. The highest BCUT2D eigenvalue weighted by molar-refractivity contribution is 5.58. The lowest BCUT2D eigenvalue weighted by atomic mass is 10.2. The van der Waals surface area contributed by atoms with Crippen LogP contribution < -0.4 is 4.74 Å². The molecule has 0 spiro atoms. The van der Waals surface area contributed by atoms with Gasteiger partial charge in [0.2, 0.25) is 0 Å². The van der Waals surface area contributed by atoms with Gasteiger partial charge in [0, 0.05) is 12.0 Å². The van der Waals surface area contributed by atoms with Crippen molar-refractivity contribution in [1.29, 1.82) is 0 Å². The van der Waals surface area contributed by atoms with Crippen molar-refractivity contribution in [1.82, 2.24) is 4.98 Å². The van der Waals surface area contributed by atoms with E-state index >= 15 is 0 Å². The summed E-state index contributed by atoms with van der Waals surface area (Å²) in [7, 11) is 1.62. The van der Waals surface area contributed by atoms with Gasteiger partial charge in [-0.1, -0.05) is 12.1 Å². The number of oxazole rings is 1. The standard InChI is InChI=1S/C12H13NO3/c1-15-10-4-2-3-9(7-10)11-8-13-12(16-11)5-6-14/h2-4,7-8,14H,5-6H2,1H3. The van der Waals surface area contributed by atoms with Crippen LogP contribution in [0.15, 0.2) is 34.9 Å². The van der Waals surface area contributed by atoms with E-state index in [0.717, 1.165) is 11.3 Å². The van der Waals surface area contributed by atoms with E-state index < -0.39 is 0 Å². The third-order valence-electron chi connectivity index (χ3n) is 2.23. The molecule has 4 nitrogen and oxygen atoms in total.